The highest BCUT2D eigenvalue weighted by molar-refractivity contribution is 5.94. The highest BCUT2D eigenvalue weighted by Crippen LogP contribution is 2.38. The molecule has 6 nitrogen and oxygen atoms in total. The molecule has 2 aliphatic heterocycles. The van der Waals surface area contributed by atoms with Crippen molar-refractivity contribution in [3.8, 4) is 5.75 Å². The maximum Gasteiger partial charge on any atom is 0.253 e. The van der Waals surface area contributed by atoms with Gasteiger partial charge < -0.3 is 19.5 Å². The fourth-order valence-electron chi connectivity index (χ4n) is 5.05. The Hall–Kier alpha value is -2.62. The largest absolute Gasteiger partial charge is 0.491 e. The van der Waals surface area contributed by atoms with E-state index < -0.39 is 18.1 Å². The van der Waals surface area contributed by atoms with Gasteiger partial charge in [-0.15, -0.1) is 0 Å². The molecule has 4 rings (SSSR count). The standard InChI is InChI=1S/C27H33F3N2O4.H2/c1-18(2)35-23-8-5-20(13-21(23)16-33)26(34)32-11-9-27(10-12-32)17-31(15-25(29)30)14-24(36-27)19-3-6-22(28)7-4-19;/h3-8,13,18,24-25,33H,9-12,14-17H2,1-2H3;1H. The van der Waals surface area contributed by atoms with Crippen LogP contribution in [-0.4, -0.2) is 71.7 Å². The van der Waals surface area contributed by atoms with Gasteiger partial charge in [-0.1, -0.05) is 12.1 Å². The summed E-state index contributed by atoms with van der Waals surface area (Å²) < 4.78 is 52.1. The SMILES string of the molecule is CC(C)Oc1ccc(C(=O)N2CCC3(CC2)CN(CC(F)F)CC(c2ccc(F)cc2)O3)cc1CO.[HH]. The number of carbonyl (C=O) groups is 1. The number of alkyl halides is 2. The summed E-state index contributed by atoms with van der Waals surface area (Å²) in [5.41, 5.74) is 1.07. The number of nitrogens with zero attached hydrogens (tertiary/aromatic N) is 2. The molecule has 0 aliphatic carbocycles. The van der Waals surface area contributed by atoms with E-state index in [-0.39, 0.29) is 32.4 Å². The van der Waals surface area contributed by atoms with Crippen LogP contribution in [0.1, 0.15) is 55.7 Å². The number of hydrogen-bond acceptors (Lipinski definition) is 5. The van der Waals surface area contributed by atoms with Crippen molar-refractivity contribution >= 4 is 5.91 Å². The van der Waals surface area contributed by atoms with Gasteiger partial charge in [0.1, 0.15) is 11.6 Å². The minimum atomic E-state index is -2.47. The van der Waals surface area contributed by atoms with Crippen molar-refractivity contribution in [3.63, 3.8) is 0 Å². The summed E-state index contributed by atoms with van der Waals surface area (Å²) in [6, 6.07) is 11.0. The molecule has 2 aliphatic rings. The summed E-state index contributed by atoms with van der Waals surface area (Å²) >= 11 is 0. The molecule has 2 fully saturated rings. The molecule has 1 atom stereocenters. The van der Waals surface area contributed by atoms with E-state index >= 15 is 0 Å². The van der Waals surface area contributed by atoms with Crippen LogP contribution in [0.5, 0.6) is 5.75 Å². The first-order chi connectivity index (χ1) is 17.2. The van der Waals surface area contributed by atoms with E-state index in [1.807, 2.05) is 13.8 Å². The van der Waals surface area contributed by atoms with E-state index in [4.69, 9.17) is 9.47 Å². The summed E-state index contributed by atoms with van der Waals surface area (Å²) in [5.74, 6) is 0.0165. The number of aliphatic hydroxyl groups is 1. The predicted molar refractivity (Wildman–Crippen MR) is 131 cm³/mol. The lowest BCUT2D eigenvalue weighted by atomic mass is 9.87. The van der Waals surface area contributed by atoms with Gasteiger partial charge in [-0.05, 0) is 62.6 Å². The predicted octanol–water partition coefficient (Wildman–Crippen LogP) is 4.66. The number of rotatable bonds is 7. The summed E-state index contributed by atoms with van der Waals surface area (Å²) in [7, 11) is 0. The molecule has 0 aromatic heterocycles. The summed E-state index contributed by atoms with van der Waals surface area (Å²) in [5, 5.41) is 9.73. The van der Waals surface area contributed by atoms with Gasteiger partial charge in [0.15, 0.2) is 0 Å². The molecule has 2 saturated heterocycles. The normalized spacial score (nSPS) is 20.3. The average Bonchev–Trinajstić information content (AvgIpc) is 2.84. The van der Waals surface area contributed by atoms with Gasteiger partial charge in [0, 0.05) is 38.7 Å². The summed E-state index contributed by atoms with van der Waals surface area (Å²) in [6.07, 6.45) is -2.00. The molecule has 0 saturated carbocycles. The third-order valence-electron chi connectivity index (χ3n) is 6.77. The molecule has 1 unspecified atom stereocenters. The van der Waals surface area contributed by atoms with Crippen molar-refractivity contribution < 1.29 is 34.0 Å². The fourth-order valence-corrected chi connectivity index (χ4v) is 5.05. The van der Waals surface area contributed by atoms with Crippen molar-refractivity contribution in [2.75, 3.05) is 32.7 Å². The Morgan fingerprint density at radius 2 is 1.89 bits per heavy atom. The van der Waals surface area contributed by atoms with Crippen LogP contribution in [0.15, 0.2) is 42.5 Å². The van der Waals surface area contributed by atoms with Crippen LogP contribution in [0.4, 0.5) is 13.2 Å². The minimum absolute atomic E-state index is 0. The first-order valence-electron chi connectivity index (χ1n) is 12.3. The smallest absolute Gasteiger partial charge is 0.253 e. The number of ether oxygens (including phenoxy) is 2. The quantitative estimate of drug-likeness (QED) is 0.589. The highest BCUT2D eigenvalue weighted by atomic mass is 19.3. The molecule has 1 N–H and O–H groups in total. The zero-order valence-electron chi connectivity index (χ0n) is 20.6. The van der Waals surface area contributed by atoms with Gasteiger partial charge in [0.05, 0.1) is 31.0 Å². The second-order valence-corrected chi connectivity index (χ2v) is 9.87. The zero-order chi connectivity index (χ0) is 25.9. The second-order valence-electron chi connectivity index (χ2n) is 9.87. The first-order valence-corrected chi connectivity index (χ1v) is 12.3. The van der Waals surface area contributed by atoms with Gasteiger partial charge in [-0.25, -0.2) is 13.2 Å². The van der Waals surface area contributed by atoms with E-state index in [2.05, 4.69) is 0 Å². The molecule has 2 aromatic carbocycles. The number of hydrogen-bond donors (Lipinski definition) is 1. The van der Waals surface area contributed by atoms with Crippen molar-refractivity contribution in [1.82, 2.24) is 9.80 Å². The van der Waals surface area contributed by atoms with E-state index in [0.29, 0.717) is 55.9 Å². The van der Waals surface area contributed by atoms with Crippen molar-refractivity contribution in [2.24, 2.45) is 0 Å². The van der Waals surface area contributed by atoms with Crippen molar-refractivity contribution in [1.29, 1.82) is 0 Å². The van der Waals surface area contributed by atoms with Gasteiger partial charge in [0.25, 0.3) is 12.3 Å². The molecule has 1 spiro atoms. The molecule has 0 radical (unpaired) electrons. The third kappa shape index (κ3) is 6.19. The van der Waals surface area contributed by atoms with Crippen molar-refractivity contribution in [3.05, 3.63) is 65.0 Å². The Kier molecular flexibility index (Phi) is 8.22. The maximum atomic E-state index is 13.4. The molecule has 2 heterocycles. The van der Waals surface area contributed by atoms with Crippen LogP contribution >= 0.6 is 0 Å². The Balaban J connectivity index is 0.00000380. The summed E-state index contributed by atoms with van der Waals surface area (Å²) in [6.45, 7) is 4.65. The zero-order valence-corrected chi connectivity index (χ0v) is 20.6. The Labute approximate surface area is 211 Å². The molecule has 0 bridgehead atoms. The Morgan fingerprint density at radius 3 is 2.50 bits per heavy atom. The lowest BCUT2D eigenvalue weighted by Gasteiger charge is -2.50. The van der Waals surface area contributed by atoms with Crippen LogP contribution in [-0.2, 0) is 11.3 Å². The lowest BCUT2D eigenvalue weighted by molar-refractivity contribution is -0.180. The average molecular weight is 509 g/mol. The number of aliphatic hydroxyl groups excluding tert-OH is 1. The van der Waals surface area contributed by atoms with E-state index in [1.165, 1.54) is 12.1 Å². The van der Waals surface area contributed by atoms with Crippen molar-refractivity contribution in [2.45, 2.75) is 57.5 Å². The number of likely N-dealkylation sites (tertiary alicyclic amines) is 1. The van der Waals surface area contributed by atoms with E-state index in [9.17, 15) is 23.1 Å². The highest BCUT2D eigenvalue weighted by Gasteiger charge is 2.44. The third-order valence-corrected chi connectivity index (χ3v) is 6.77. The molecule has 2 aromatic rings. The molecular weight excluding hydrogens is 473 g/mol. The molecular formula is C27H35F3N2O4. The van der Waals surface area contributed by atoms with Crippen LogP contribution in [0.25, 0.3) is 0 Å². The number of benzene rings is 2. The van der Waals surface area contributed by atoms with E-state index in [0.717, 1.165) is 5.56 Å². The van der Waals surface area contributed by atoms with Crippen LogP contribution < -0.4 is 4.74 Å². The van der Waals surface area contributed by atoms with Gasteiger partial charge in [-0.2, -0.15) is 0 Å². The van der Waals surface area contributed by atoms with E-state index in [1.54, 1.807) is 40.1 Å². The molecule has 1 amide bonds. The molecule has 198 valence electrons. The Morgan fingerprint density at radius 1 is 1.19 bits per heavy atom. The van der Waals surface area contributed by atoms with Gasteiger partial charge in [-0.3, -0.25) is 9.69 Å². The second kappa shape index (κ2) is 11.2. The van der Waals surface area contributed by atoms with Crippen LogP contribution in [0.2, 0.25) is 0 Å². The van der Waals surface area contributed by atoms with Gasteiger partial charge in [0.2, 0.25) is 0 Å². The maximum absolute atomic E-state index is 13.4. The number of carbonyl (C=O) groups excluding carboxylic acids is 1. The molecule has 36 heavy (non-hydrogen) atoms. The van der Waals surface area contributed by atoms with Crippen LogP contribution in [0, 0.1) is 5.82 Å². The number of morpholine rings is 1. The number of piperidine rings is 1. The first kappa shape index (κ1) is 26.4. The minimum Gasteiger partial charge on any atom is -0.491 e. The number of amides is 1. The monoisotopic (exact) mass is 508 g/mol. The number of halogens is 3. The molecule has 9 heteroatoms. The summed E-state index contributed by atoms with van der Waals surface area (Å²) in [4.78, 5) is 16.7. The fraction of sp³-hybridized carbons (Fsp3) is 0.519. The lowest BCUT2D eigenvalue weighted by Crippen LogP contribution is -2.58. The topological polar surface area (TPSA) is 62.2 Å². The van der Waals surface area contributed by atoms with Crippen LogP contribution in [0.3, 0.4) is 0 Å². The Bertz CT molecular complexity index is 1050. The van der Waals surface area contributed by atoms with Gasteiger partial charge >= 0.3 is 0 Å².